The van der Waals surface area contributed by atoms with E-state index in [4.69, 9.17) is 33.7 Å². The summed E-state index contributed by atoms with van der Waals surface area (Å²) in [7, 11) is 0. The van der Waals surface area contributed by atoms with Crippen molar-refractivity contribution in [3.63, 3.8) is 0 Å². The standard InChI is InChI=1S/C24H23Cl2N5O4/c25-15-5-1-13(2-6-15)17(14-3-7-16(26)8-4-14)9-24(21(34)20(33)18(10-32)35-24)31-12-30-19-22(27)28-11-29-23(19)31/h1-8,11-12,17-18,20-21,32-34H,9-10H2,(H2,27,28,29)/t18-,20-,21-,24-/m1/s1. The molecule has 5 rings (SSSR count). The van der Waals surface area contributed by atoms with Crippen molar-refractivity contribution in [2.75, 3.05) is 12.3 Å². The fourth-order valence-electron chi connectivity index (χ4n) is 4.72. The van der Waals surface area contributed by atoms with Crippen molar-refractivity contribution < 1.29 is 20.1 Å². The predicted molar refractivity (Wildman–Crippen MR) is 131 cm³/mol. The van der Waals surface area contributed by atoms with Crippen LogP contribution >= 0.6 is 23.2 Å². The van der Waals surface area contributed by atoms with E-state index in [2.05, 4.69) is 15.0 Å². The number of benzene rings is 2. The minimum atomic E-state index is -1.55. The largest absolute Gasteiger partial charge is 0.394 e. The lowest BCUT2D eigenvalue weighted by molar-refractivity contribution is -0.152. The Balaban J connectivity index is 1.70. The molecule has 0 amide bonds. The van der Waals surface area contributed by atoms with Gasteiger partial charge in [-0.1, -0.05) is 47.5 Å². The number of aliphatic hydroxyl groups is 3. The van der Waals surface area contributed by atoms with E-state index in [0.717, 1.165) is 11.1 Å². The minimum Gasteiger partial charge on any atom is -0.394 e. The van der Waals surface area contributed by atoms with Crippen LogP contribution in [0.2, 0.25) is 10.0 Å². The van der Waals surface area contributed by atoms with E-state index in [-0.39, 0.29) is 18.2 Å². The van der Waals surface area contributed by atoms with Crippen LogP contribution in [0.4, 0.5) is 5.82 Å². The highest BCUT2D eigenvalue weighted by molar-refractivity contribution is 6.30. The van der Waals surface area contributed by atoms with Crippen LogP contribution < -0.4 is 5.73 Å². The number of halogens is 2. The summed E-state index contributed by atoms with van der Waals surface area (Å²) in [4.78, 5) is 12.6. The molecule has 11 heteroatoms. The second-order valence-corrected chi connectivity index (χ2v) is 9.40. The van der Waals surface area contributed by atoms with Gasteiger partial charge in [0.15, 0.2) is 17.2 Å². The van der Waals surface area contributed by atoms with E-state index < -0.39 is 30.6 Å². The van der Waals surface area contributed by atoms with Crippen LogP contribution in [0, 0.1) is 0 Å². The van der Waals surface area contributed by atoms with Gasteiger partial charge in [-0.3, -0.25) is 4.57 Å². The Morgan fingerprint density at radius 2 is 1.57 bits per heavy atom. The van der Waals surface area contributed by atoms with Crippen molar-refractivity contribution in [1.29, 1.82) is 0 Å². The van der Waals surface area contributed by atoms with Gasteiger partial charge in [0.25, 0.3) is 0 Å². The Kier molecular flexibility index (Phi) is 6.39. The zero-order chi connectivity index (χ0) is 24.7. The van der Waals surface area contributed by atoms with Gasteiger partial charge >= 0.3 is 0 Å². The van der Waals surface area contributed by atoms with Gasteiger partial charge in [-0.05, 0) is 35.4 Å². The summed E-state index contributed by atoms with van der Waals surface area (Å²) >= 11 is 12.3. The maximum absolute atomic E-state index is 11.4. The smallest absolute Gasteiger partial charge is 0.177 e. The second-order valence-electron chi connectivity index (χ2n) is 8.52. The molecule has 1 saturated heterocycles. The lowest BCUT2D eigenvalue weighted by atomic mass is 9.82. The first-order valence-electron chi connectivity index (χ1n) is 10.9. The molecular weight excluding hydrogens is 493 g/mol. The van der Waals surface area contributed by atoms with Gasteiger partial charge in [-0.25, -0.2) is 15.0 Å². The van der Waals surface area contributed by atoms with Crippen molar-refractivity contribution >= 4 is 40.2 Å². The molecule has 2 aromatic heterocycles. The molecule has 0 saturated carbocycles. The first-order valence-corrected chi connectivity index (χ1v) is 11.7. The van der Waals surface area contributed by atoms with Crippen molar-refractivity contribution in [2.24, 2.45) is 0 Å². The molecular formula is C24H23Cl2N5O4. The number of rotatable bonds is 6. The second kappa shape index (κ2) is 9.34. The van der Waals surface area contributed by atoms with E-state index in [1.807, 2.05) is 24.3 Å². The van der Waals surface area contributed by atoms with Gasteiger partial charge in [0.2, 0.25) is 0 Å². The third-order valence-electron chi connectivity index (χ3n) is 6.51. The molecule has 0 aliphatic carbocycles. The molecule has 1 aliphatic rings. The zero-order valence-electron chi connectivity index (χ0n) is 18.4. The number of aliphatic hydroxyl groups excluding tert-OH is 3. The number of hydrogen-bond donors (Lipinski definition) is 4. The summed E-state index contributed by atoms with van der Waals surface area (Å²) in [6.07, 6.45) is -0.909. The highest BCUT2D eigenvalue weighted by Gasteiger charge is 2.57. The average molecular weight is 516 g/mol. The quantitative estimate of drug-likeness (QED) is 0.307. The number of nitrogens with two attached hydrogens (primary N) is 1. The molecule has 3 heterocycles. The summed E-state index contributed by atoms with van der Waals surface area (Å²) in [5.41, 5.74) is 6.90. The molecule has 0 unspecified atom stereocenters. The number of fused-ring (bicyclic) bond motifs is 1. The normalized spacial score (nSPS) is 24.5. The van der Waals surface area contributed by atoms with Gasteiger partial charge < -0.3 is 25.8 Å². The molecule has 5 N–H and O–H groups in total. The van der Waals surface area contributed by atoms with Gasteiger partial charge in [0.1, 0.15) is 30.2 Å². The molecule has 9 nitrogen and oxygen atoms in total. The Labute approximate surface area is 210 Å². The van der Waals surface area contributed by atoms with Crippen LogP contribution in [0.3, 0.4) is 0 Å². The van der Waals surface area contributed by atoms with Gasteiger partial charge in [-0.2, -0.15) is 0 Å². The molecule has 4 atom stereocenters. The minimum absolute atomic E-state index is 0.153. The molecule has 2 aromatic carbocycles. The van der Waals surface area contributed by atoms with Gasteiger partial charge in [-0.15, -0.1) is 0 Å². The van der Waals surface area contributed by atoms with Crippen LogP contribution in [0.5, 0.6) is 0 Å². The Hall–Kier alpha value is -2.79. The van der Waals surface area contributed by atoms with Gasteiger partial charge in [0.05, 0.1) is 12.9 Å². The highest BCUT2D eigenvalue weighted by atomic mass is 35.5. The van der Waals surface area contributed by atoms with Gasteiger partial charge in [0, 0.05) is 22.4 Å². The molecule has 0 radical (unpaired) electrons. The summed E-state index contributed by atoms with van der Waals surface area (Å²) in [6, 6.07) is 14.7. The number of hydrogen-bond acceptors (Lipinski definition) is 8. The van der Waals surface area contributed by atoms with E-state index in [9.17, 15) is 15.3 Å². The third kappa shape index (κ3) is 4.14. The maximum atomic E-state index is 11.4. The van der Waals surface area contributed by atoms with Crippen molar-refractivity contribution in [2.45, 2.75) is 36.4 Å². The van der Waals surface area contributed by atoms with E-state index in [1.54, 1.807) is 28.8 Å². The number of anilines is 1. The fourth-order valence-corrected chi connectivity index (χ4v) is 4.98. The molecule has 182 valence electrons. The first kappa shape index (κ1) is 23.9. The van der Waals surface area contributed by atoms with Crippen molar-refractivity contribution in [3.05, 3.63) is 82.4 Å². The van der Waals surface area contributed by atoms with Crippen LogP contribution in [0.1, 0.15) is 23.5 Å². The number of aromatic nitrogens is 4. The van der Waals surface area contributed by atoms with Crippen molar-refractivity contribution in [1.82, 2.24) is 19.5 Å². The maximum Gasteiger partial charge on any atom is 0.177 e. The zero-order valence-corrected chi connectivity index (χ0v) is 19.9. The molecule has 0 spiro atoms. The lowest BCUT2D eigenvalue weighted by Crippen LogP contribution is -2.46. The van der Waals surface area contributed by atoms with E-state index in [1.165, 1.54) is 12.7 Å². The monoisotopic (exact) mass is 515 g/mol. The molecule has 35 heavy (non-hydrogen) atoms. The number of nitrogens with zero attached hydrogens (tertiary/aromatic N) is 4. The number of nitrogen functional groups attached to an aromatic ring is 1. The lowest BCUT2D eigenvalue weighted by Gasteiger charge is -2.37. The highest BCUT2D eigenvalue weighted by Crippen LogP contribution is 2.46. The number of imidazole rings is 1. The van der Waals surface area contributed by atoms with E-state index in [0.29, 0.717) is 21.2 Å². The summed E-state index contributed by atoms with van der Waals surface area (Å²) in [6.45, 7) is -0.490. The molecule has 0 bridgehead atoms. The van der Waals surface area contributed by atoms with Crippen LogP contribution in [-0.4, -0.2) is 59.8 Å². The first-order chi connectivity index (χ1) is 16.8. The topological polar surface area (TPSA) is 140 Å². The fraction of sp³-hybridized carbons (Fsp3) is 0.292. The summed E-state index contributed by atoms with van der Waals surface area (Å²) < 4.78 is 7.81. The molecule has 1 fully saturated rings. The Morgan fingerprint density at radius 1 is 0.971 bits per heavy atom. The predicted octanol–water partition coefficient (Wildman–Crippen LogP) is 2.70. The summed E-state index contributed by atoms with van der Waals surface area (Å²) in [5, 5.41) is 33.2. The van der Waals surface area contributed by atoms with E-state index >= 15 is 0 Å². The average Bonchev–Trinajstić information content (AvgIpc) is 3.40. The Morgan fingerprint density at radius 3 is 2.11 bits per heavy atom. The van der Waals surface area contributed by atoms with Crippen molar-refractivity contribution in [3.8, 4) is 0 Å². The van der Waals surface area contributed by atoms with Crippen LogP contribution in [-0.2, 0) is 10.5 Å². The SMILES string of the molecule is Nc1ncnc2c1ncn2[C@]1(CC(c2ccc(Cl)cc2)c2ccc(Cl)cc2)O[C@H](CO)[C@@H](O)[C@H]1O. The molecule has 1 aliphatic heterocycles. The summed E-state index contributed by atoms with van der Waals surface area (Å²) in [5.74, 6) is -0.164. The molecule has 4 aromatic rings. The number of ether oxygens (including phenoxy) is 1. The Bertz CT molecular complexity index is 1290. The third-order valence-corrected chi connectivity index (χ3v) is 7.02. The van der Waals surface area contributed by atoms with Crippen LogP contribution in [0.15, 0.2) is 61.2 Å². The van der Waals surface area contributed by atoms with Crippen LogP contribution in [0.25, 0.3) is 11.2 Å².